The van der Waals surface area contributed by atoms with Crippen molar-refractivity contribution in [1.29, 1.82) is 0 Å². The summed E-state index contributed by atoms with van der Waals surface area (Å²) in [5.74, 6) is -3.67. The normalized spacial score (nSPS) is 14.0. The van der Waals surface area contributed by atoms with Gasteiger partial charge in [-0.3, -0.25) is 4.57 Å². The van der Waals surface area contributed by atoms with Crippen LogP contribution >= 0.6 is 7.60 Å². The molecule has 0 aliphatic rings. The summed E-state index contributed by atoms with van der Waals surface area (Å²) in [6.07, 6.45) is 0. The fraction of sp³-hybridized carbons (Fsp3) is 0.800. The lowest BCUT2D eigenvalue weighted by molar-refractivity contribution is -0.143. The minimum absolute atomic E-state index is 0.977. The van der Waals surface area contributed by atoms with Crippen molar-refractivity contribution in [2.24, 2.45) is 0 Å². The van der Waals surface area contributed by atoms with Gasteiger partial charge in [-0.1, -0.05) is 0 Å². The van der Waals surface area contributed by atoms with Crippen LogP contribution in [0.1, 0.15) is 0 Å². The summed E-state index contributed by atoms with van der Waals surface area (Å²) < 4.78 is 36.5. The van der Waals surface area contributed by atoms with Crippen molar-refractivity contribution in [1.82, 2.24) is 0 Å². The van der Waals surface area contributed by atoms with E-state index >= 15 is 0 Å². The van der Waals surface area contributed by atoms with Gasteiger partial charge in [0, 0.05) is 14.2 Å². The Kier molecular flexibility index (Phi) is 4.37. The maximum Gasteiger partial charge on any atom is 0.375 e. The van der Waals surface area contributed by atoms with Gasteiger partial charge < -0.3 is 13.8 Å². The number of rotatable bonds is 4. The Morgan fingerprint density at radius 3 is 2.00 bits per heavy atom. The summed E-state index contributed by atoms with van der Waals surface area (Å²) in [6.45, 7) is 0. The Morgan fingerprint density at radius 2 is 1.75 bits per heavy atom. The largest absolute Gasteiger partial charge is 0.466 e. The molecule has 0 aliphatic carbocycles. The van der Waals surface area contributed by atoms with Crippen molar-refractivity contribution in [3.63, 3.8) is 0 Å². The monoisotopic (exact) mass is 200 g/mol. The number of carbonyl (C=O) groups is 1. The van der Waals surface area contributed by atoms with E-state index in [1.807, 2.05) is 0 Å². The van der Waals surface area contributed by atoms with Crippen molar-refractivity contribution in [2.45, 2.75) is 5.91 Å². The van der Waals surface area contributed by atoms with Gasteiger partial charge in [-0.05, 0) is 0 Å². The van der Waals surface area contributed by atoms with Crippen LogP contribution in [0.5, 0.6) is 0 Å². The third kappa shape index (κ3) is 2.27. The topological polar surface area (TPSA) is 61.8 Å². The molecule has 0 fully saturated rings. The number of hydrogen-bond donors (Lipinski definition) is 0. The number of methoxy groups -OCH3 is 1. The van der Waals surface area contributed by atoms with E-state index in [9.17, 15) is 13.8 Å². The SMILES string of the molecule is COC(=O)C(F)P(=O)(OC)OC. The molecule has 1 unspecified atom stereocenters. The molecule has 0 saturated heterocycles. The summed E-state index contributed by atoms with van der Waals surface area (Å²) in [5, 5.41) is 0. The zero-order chi connectivity index (χ0) is 9.78. The molecule has 1 atom stereocenters. The average molecular weight is 200 g/mol. The molecule has 0 rings (SSSR count). The van der Waals surface area contributed by atoms with Gasteiger partial charge in [0.1, 0.15) is 0 Å². The third-order valence-corrected chi connectivity index (χ3v) is 2.97. The molecule has 0 saturated carbocycles. The van der Waals surface area contributed by atoms with Gasteiger partial charge >= 0.3 is 13.6 Å². The molecule has 0 N–H and O–H groups in total. The molecule has 72 valence electrons. The minimum Gasteiger partial charge on any atom is -0.466 e. The molecule has 0 aromatic carbocycles. The standard InChI is InChI=1S/C5H10FO5P/c1-9-5(7)4(6)12(8,10-2)11-3/h4H,1-3H3. The molecule has 0 amide bonds. The predicted octanol–water partition coefficient (Wildman–Crippen LogP) is 0.941. The van der Waals surface area contributed by atoms with Gasteiger partial charge in [-0.2, -0.15) is 0 Å². The van der Waals surface area contributed by atoms with Crippen LogP contribution in [0.3, 0.4) is 0 Å². The van der Waals surface area contributed by atoms with E-state index < -0.39 is 19.5 Å². The smallest absolute Gasteiger partial charge is 0.375 e. The van der Waals surface area contributed by atoms with E-state index in [2.05, 4.69) is 13.8 Å². The molecule has 0 heterocycles. The fourth-order valence-electron chi connectivity index (χ4n) is 0.486. The molecule has 5 nitrogen and oxygen atoms in total. The van der Waals surface area contributed by atoms with E-state index in [-0.39, 0.29) is 0 Å². The van der Waals surface area contributed by atoms with Gasteiger partial charge in [-0.25, -0.2) is 9.18 Å². The highest BCUT2D eigenvalue weighted by molar-refractivity contribution is 7.55. The molecule has 0 aromatic heterocycles. The van der Waals surface area contributed by atoms with Gasteiger partial charge in [0.15, 0.2) is 0 Å². The molecule has 12 heavy (non-hydrogen) atoms. The second kappa shape index (κ2) is 4.54. The first-order valence-electron chi connectivity index (χ1n) is 2.95. The minimum atomic E-state index is -3.99. The highest BCUT2D eigenvalue weighted by Gasteiger charge is 2.41. The molecule has 0 spiro atoms. The van der Waals surface area contributed by atoms with E-state index in [1.165, 1.54) is 0 Å². The summed E-state index contributed by atoms with van der Waals surface area (Å²) in [5.41, 5.74) is 0. The molecule has 0 radical (unpaired) electrons. The van der Waals surface area contributed by atoms with Crippen molar-refractivity contribution in [3.05, 3.63) is 0 Å². The van der Waals surface area contributed by atoms with Crippen LogP contribution < -0.4 is 0 Å². The molecule has 0 aromatic rings. The van der Waals surface area contributed by atoms with E-state index in [0.29, 0.717) is 0 Å². The molecule has 0 bridgehead atoms. The fourth-order valence-corrected chi connectivity index (χ4v) is 1.37. The van der Waals surface area contributed by atoms with Crippen LogP contribution in [0.2, 0.25) is 0 Å². The zero-order valence-electron chi connectivity index (χ0n) is 6.94. The number of alkyl halides is 1. The first-order chi connectivity index (χ1) is 5.51. The van der Waals surface area contributed by atoms with Crippen LogP contribution in [0, 0.1) is 0 Å². The van der Waals surface area contributed by atoms with E-state index in [0.717, 1.165) is 21.3 Å². The Bertz CT molecular complexity index is 198. The number of hydrogen-bond acceptors (Lipinski definition) is 5. The first-order valence-corrected chi connectivity index (χ1v) is 4.56. The van der Waals surface area contributed by atoms with Crippen molar-refractivity contribution in [2.75, 3.05) is 21.3 Å². The second-order valence-electron chi connectivity index (χ2n) is 1.76. The molecular weight excluding hydrogens is 190 g/mol. The Morgan fingerprint density at radius 1 is 1.33 bits per heavy atom. The number of esters is 1. The summed E-state index contributed by atoms with van der Waals surface area (Å²) in [6, 6.07) is 0. The lowest BCUT2D eigenvalue weighted by atomic mass is 10.8. The van der Waals surface area contributed by atoms with Crippen LogP contribution in [0.25, 0.3) is 0 Å². The zero-order valence-corrected chi connectivity index (χ0v) is 7.84. The molecule has 7 heteroatoms. The van der Waals surface area contributed by atoms with Crippen LogP contribution in [0.15, 0.2) is 0 Å². The van der Waals surface area contributed by atoms with E-state index in [1.54, 1.807) is 0 Å². The van der Waals surface area contributed by atoms with Crippen LogP contribution in [-0.4, -0.2) is 33.2 Å². The summed E-state index contributed by atoms with van der Waals surface area (Å²) in [4.78, 5) is 10.5. The van der Waals surface area contributed by atoms with Crippen LogP contribution in [0.4, 0.5) is 4.39 Å². The van der Waals surface area contributed by atoms with Gasteiger partial charge in [0.2, 0.25) is 0 Å². The number of carbonyl (C=O) groups excluding carboxylic acids is 1. The maximum atomic E-state index is 12.9. The highest BCUT2D eigenvalue weighted by Crippen LogP contribution is 2.52. The van der Waals surface area contributed by atoms with E-state index in [4.69, 9.17) is 0 Å². The Hall–Kier alpha value is -0.450. The van der Waals surface area contributed by atoms with Crippen LogP contribution in [-0.2, 0) is 23.1 Å². The summed E-state index contributed by atoms with van der Waals surface area (Å²) >= 11 is 0. The average Bonchev–Trinajstić information content (AvgIpc) is 2.14. The van der Waals surface area contributed by atoms with Crippen molar-refractivity contribution in [3.8, 4) is 0 Å². The molecular formula is C5H10FO5P. The second-order valence-corrected chi connectivity index (χ2v) is 4.03. The first kappa shape index (κ1) is 11.6. The Labute approximate surface area is 69.3 Å². The lowest BCUT2D eigenvalue weighted by Crippen LogP contribution is -2.19. The quantitative estimate of drug-likeness (QED) is 0.499. The highest BCUT2D eigenvalue weighted by atomic mass is 31.2. The van der Waals surface area contributed by atoms with Gasteiger partial charge in [-0.15, -0.1) is 0 Å². The Balaban J connectivity index is 4.53. The number of ether oxygens (including phenoxy) is 1. The predicted molar refractivity (Wildman–Crippen MR) is 38.5 cm³/mol. The van der Waals surface area contributed by atoms with Crippen molar-refractivity contribution < 1.29 is 27.5 Å². The van der Waals surface area contributed by atoms with Gasteiger partial charge in [0.25, 0.3) is 5.91 Å². The lowest BCUT2D eigenvalue weighted by Gasteiger charge is -2.15. The van der Waals surface area contributed by atoms with Crippen molar-refractivity contribution >= 4 is 13.6 Å². The maximum absolute atomic E-state index is 12.9. The van der Waals surface area contributed by atoms with Gasteiger partial charge in [0.05, 0.1) is 7.11 Å². The molecule has 0 aliphatic heterocycles. The summed E-state index contributed by atoms with van der Waals surface area (Å²) in [7, 11) is -1.04. The number of halogens is 1. The third-order valence-electron chi connectivity index (χ3n) is 1.18.